The van der Waals surface area contributed by atoms with Crippen molar-refractivity contribution in [3.05, 3.63) is 33.3 Å². The Balaban J connectivity index is 2.44. The maximum atomic E-state index is 11.7. The van der Waals surface area contributed by atoms with Gasteiger partial charge in [0.1, 0.15) is 0 Å². The summed E-state index contributed by atoms with van der Waals surface area (Å²) in [6.07, 6.45) is 1.88. The standard InChI is InChI=1S/C11H10BrNO2S/c1-16-5-10(14)6-2-7-8(9(12)3-6)4-13-11(7)15/h2-3H,4-5H2,1H3,(H,13,15). The van der Waals surface area contributed by atoms with Gasteiger partial charge in [-0.3, -0.25) is 9.59 Å². The number of amides is 1. The number of rotatable bonds is 3. The summed E-state index contributed by atoms with van der Waals surface area (Å²) in [5.41, 5.74) is 2.14. The number of carbonyl (C=O) groups excluding carboxylic acids is 2. The first-order valence-electron chi connectivity index (χ1n) is 4.76. The fourth-order valence-electron chi connectivity index (χ4n) is 1.66. The Bertz CT molecular complexity index is 473. The lowest BCUT2D eigenvalue weighted by Crippen LogP contribution is -2.12. The monoisotopic (exact) mass is 299 g/mol. The Morgan fingerprint density at radius 2 is 2.31 bits per heavy atom. The number of benzene rings is 1. The Kier molecular flexibility index (Phi) is 3.35. The van der Waals surface area contributed by atoms with Crippen LogP contribution < -0.4 is 5.32 Å². The molecule has 16 heavy (non-hydrogen) atoms. The summed E-state index contributed by atoms with van der Waals surface area (Å²) >= 11 is 4.87. The van der Waals surface area contributed by atoms with E-state index in [9.17, 15) is 9.59 Å². The molecule has 2 rings (SSSR count). The first-order valence-corrected chi connectivity index (χ1v) is 6.95. The Hall–Kier alpha value is -0.810. The van der Waals surface area contributed by atoms with Crippen LogP contribution in [-0.4, -0.2) is 23.7 Å². The molecular formula is C11H10BrNO2S. The number of hydrogen-bond donors (Lipinski definition) is 1. The van der Waals surface area contributed by atoms with Gasteiger partial charge in [-0.15, -0.1) is 0 Å². The van der Waals surface area contributed by atoms with E-state index < -0.39 is 0 Å². The van der Waals surface area contributed by atoms with E-state index in [1.165, 1.54) is 11.8 Å². The molecule has 0 aliphatic carbocycles. The van der Waals surface area contributed by atoms with Gasteiger partial charge in [0.2, 0.25) is 0 Å². The molecule has 1 aliphatic rings. The maximum Gasteiger partial charge on any atom is 0.251 e. The summed E-state index contributed by atoms with van der Waals surface area (Å²) in [5, 5.41) is 2.74. The SMILES string of the molecule is CSCC(=O)c1cc(Br)c2c(c1)C(=O)NC2. The smallest absolute Gasteiger partial charge is 0.251 e. The van der Waals surface area contributed by atoms with Crippen LogP contribution in [0.2, 0.25) is 0 Å². The molecule has 1 aliphatic heterocycles. The Morgan fingerprint density at radius 1 is 1.56 bits per heavy atom. The van der Waals surface area contributed by atoms with E-state index in [0.29, 0.717) is 23.4 Å². The molecule has 1 aromatic carbocycles. The van der Waals surface area contributed by atoms with Crippen molar-refractivity contribution in [2.24, 2.45) is 0 Å². The first-order chi connectivity index (χ1) is 7.63. The summed E-state index contributed by atoms with van der Waals surface area (Å²) in [6.45, 7) is 0.533. The van der Waals surface area contributed by atoms with Gasteiger partial charge in [0.15, 0.2) is 5.78 Å². The second-order valence-electron chi connectivity index (χ2n) is 3.52. The number of carbonyl (C=O) groups is 2. The molecule has 0 fully saturated rings. The van der Waals surface area contributed by atoms with Gasteiger partial charge in [0.25, 0.3) is 5.91 Å². The zero-order valence-corrected chi connectivity index (χ0v) is 11.1. The van der Waals surface area contributed by atoms with Crippen LogP contribution in [0.3, 0.4) is 0 Å². The van der Waals surface area contributed by atoms with Gasteiger partial charge >= 0.3 is 0 Å². The molecule has 0 saturated carbocycles. The van der Waals surface area contributed by atoms with E-state index in [4.69, 9.17) is 0 Å². The summed E-state index contributed by atoms with van der Waals surface area (Å²) in [5.74, 6) is 0.387. The van der Waals surface area contributed by atoms with Crippen LogP contribution >= 0.6 is 27.7 Å². The van der Waals surface area contributed by atoms with Crippen molar-refractivity contribution in [2.75, 3.05) is 12.0 Å². The second-order valence-corrected chi connectivity index (χ2v) is 5.24. The quantitative estimate of drug-likeness (QED) is 0.871. The topological polar surface area (TPSA) is 46.2 Å². The molecule has 0 unspecified atom stereocenters. The van der Waals surface area contributed by atoms with E-state index >= 15 is 0 Å². The van der Waals surface area contributed by atoms with Gasteiger partial charge < -0.3 is 5.32 Å². The van der Waals surface area contributed by atoms with Crippen molar-refractivity contribution >= 4 is 39.4 Å². The largest absolute Gasteiger partial charge is 0.348 e. The van der Waals surface area contributed by atoms with Crippen LogP contribution in [0.4, 0.5) is 0 Å². The van der Waals surface area contributed by atoms with E-state index in [0.717, 1.165) is 10.0 Å². The summed E-state index contributed by atoms with van der Waals surface area (Å²) in [6, 6.07) is 3.47. The lowest BCUT2D eigenvalue weighted by molar-refractivity contribution is 0.0965. The molecule has 0 spiro atoms. The summed E-state index contributed by atoms with van der Waals surface area (Å²) in [7, 11) is 0. The molecule has 1 heterocycles. The highest BCUT2D eigenvalue weighted by Gasteiger charge is 2.23. The van der Waals surface area contributed by atoms with E-state index in [1.807, 2.05) is 6.26 Å². The Labute approximate surface area is 106 Å². The lowest BCUT2D eigenvalue weighted by Gasteiger charge is -2.04. The average Bonchev–Trinajstić information content (AvgIpc) is 2.61. The molecule has 1 amide bonds. The number of thioether (sulfide) groups is 1. The van der Waals surface area contributed by atoms with Crippen molar-refractivity contribution in [2.45, 2.75) is 6.54 Å². The van der Waals surface area contributed by atoms with E-state index in [1.54, 1.807) is 12.1 Å². The van der Waals surface area contributed by atoms with Crippen LogP contribution in [0, 0.1) is 0 Å². The molecule has 1 N–H and O–H groups in total. The van der Waals surface area contributed by atoms with Crippen molar-refractivity contribution in [3.8, 4) is 0 Å². The van der Waals surface area contributed by atoms with Gasteiger partial charge in [0.05, 0.1) is 5.75 Å². The van der Waals surface area contributed by atoms with Crippen LogP contribution in [-0.2, 0) is 6.54 Å². The van der Waals surface area contributed by atoms with Crippen LogP contribution in [0.15, 0.2) is 16.6 Å². The molecule has 0 radical (unpaired) electrons. The number of ketones is 1. The number of hydrogen-bond acceptors (Lipinski definition) is 3. The molecule has 1 aromatic rings. The van der Waals surface area contributed by atoms with Gasteiger partial charge in [-0.25, -0.2) is 0 Å². The predicted octanol–water partition coefficient (Wildman–Crippen LogP) is 2.24. The van der Waals surface area contributed by atoms with Gasteiger partial charge in [-0.2, -0.15) is 11.8 Å². The third-order valence-corrected chi connectivity index (χ3v) is 3.72. The molecule has 0 aromatic heterocycles. The maximum absolute atomic E-state index is 11.7. The zero-order chi connectivity index (χ0) is 11.7. The molecule has 5 heteroatoms. The van der Waals surface area contributed by atoms with Gasteiger partial charge in [0, 0.05) is 22.1 Å². The highest BCUT2D eigenvalue weighted by molar-refractivity contribution is 9.10. The number of halogens is 1. The molecule has 84 valence electrons. The fraction of sp³-hybridized carbons (Fsp3) is 0.273. The number of fused-ring (bicyclic) bond motifs is 1. The van der Waals surface area contributed by atoms with Crippen LogP contribution in [0.25, 0.3) is 0 Å². The fourth-order valence-corrected chi connectivity index (χ4v) is 2.69. The highest BCUT2D eigenvalue weighted by atomic mass is 79.9. The van der Waals surface area contributed by atoms with Crippen molar-refractivity contribution < 1.29 is 9.59 Å². The van der Waals surface area contributed by atoms with Crippen molar-refractivity contribution in [3.63, 3.8) is 0 Å². The molecule has 0 atom stereocenters. The minimum atomic E-state index is -0.102. The molecule has 0 bridgehead atoms. The molecule has 0 saturated heterocycles. The third-order valence-electron chi connectivity index (χ3n) is 2.46. The minimum Gasteiger partial charge on any atom is -0.348 e. The van der Waals surface area contributed by atoms with Crippen molar-refractivity contribution in [1.82, 2.24) is 5.32 Å². The lowest BCUT2D eigenvalue weighted by atomic mass is 10.0. The zero-order valence-electron chi connectivity index (χ0n) is 8.67. The van der Waals surface area contributed by atoms with Gasteiger partial charge in [-0.05, 0) is 24.0 Å². The van der Waals surface area contributed by atoms with Crippen molar-refractivity contribution in [1.29, 1.82) is 0 Å². The molecular weight excluding hydrogens is 290 g/mol. The molecule has 3 nitrogen and oxygen atoms in total. The first kappa shape index (κ1) is 11.7. The average molecular weight is 300 g/mol. The number of nitrogens with one attached hydrogen (secondary N) is 1. The summed E-state index contributed by atoms with van der Waals surface area (Å²) < 4.78 is 0.827. The second kappa shape index (κ2) is 4.59. The van der Waals surface area contributed by atoms with E-state index in [2.05, 4.69) is 21.2 Å². The van der Waals surface area contributed by atoms with Gasteiger partial charge in [-0.1, -0.05) is 15.9 Å². The summed E-state index contributed by atoms with van der Waals surface area (Å²) in [4.78, 5) is 23.2. The van der Waals surface area contributed by atoms with Crippen LogP contribution in [0.1, 0.15) is 26.3 Å². The van der Waals surface area contributed by atoms with Crippen LogP contribution in [0.5, 0.6) is 0 Å². The van der Waals surface area contributed by atoms with E-state index in [-0.39, 0.29) is 11.7 Å². The number of Topliss-reactive ketones (excluding diaryl/α,β-unsaturated/α-hetero) is 1. The third kappa shape index (κ3) is 2.01. The predicted molar refractivity (Wildman–Crippen MR) is 68.0 cm³/mol. The Morgan fingerprint density at radius 3 is 3.00 bits per heavy atom. The normalized spacial score (nSPS) is 13.5. The highest BCUT2D eigenvalue weighted by Crippen LogP contribution is 2.27. The minimum absolute atomic E-state index is 0.0516.